The highest BCUT2D eigenvalue weighted by molar-refractivity contribution is 6.01. The lowest BCUT2D eigenvalue weighted by atomic mass is 10.1. The summed E-state index contributed by atoms with van der Waals surface area (Å²) in [5, 5.41) is 5.98. The highest BCUT2D eigenvalue weighted by Gasteiger charge is 2.25. The molecule has 120 valence electrons. The standard InChI is InChI=1S/C16H14F2N2O3/c1-22-13-8-9(6-7-12(13)23-16(17)18)14-19-11-5-3-2-4-10(11)15(21)20-14/h2-8,14,16,19H,1H3,(H,20,21)/t14-/m1/s1. The monoisotopic (exact) mass is 320 g/mol. The van der Waals surface area contributed by atoms with Crippen molar-refractivity contribution in [2.75, 3.05) is 12.4 Å². The maximum atomic E-state index is 12.4. The molecule has 1 aliphatic rings. The molecule has 23 heavy (non-hydrogen) atoms. The van der Waals surface area contributed by atoms with Crippen molar-refractivity contribution in [3.8, 4) is 11.5 Å². The molecule has 0 spiro atoms. The molecule has 1 atom stereocenters. The second kappa shape index (κ2) is 6.12. The highest BCUT2D eigenvalue weighted by atomic mass is 19.3. The van der Waals surface area contributed by atoms with Gasteiger partial charge in [-0.05, 0) is 29.8 Å². The molecule has 0 aliphatic carbocycles. The summed E-state index contributed by atoms with van der Waals surface area (Å²) < 4.78 is 34.2. The number of nitrogens with one attached hydrogen (secondary N) is 2. The number of halogens is 2. The van der Waals surface area contributed by atoms with Gasteiger partial charge < -0.3 is 20.1 Å². The summed E-state index contributed by atoms with van der Waals surface area (Å²) in [5.41, 5.74) is 1.91. The number of hydrogen-bond donors (Lipinski definition) is 2. The molecule has 0 fully saturated rings. The highest BCUT2D eigenvalue weighted by Crippen LogP contribution is 2.33. The van der Waals surface area contributed by atoms with Crippen molar-refractivity contribution in [3.05, 3.63) is 53.6 Å². The van der Waals surface area contributed by atoms with E-state index >= 15 is 0 Å². The lowest BCUT2D eigenvalue weighted by Crippen LogP contribution is -2.38. The summed E-state index contributed by atoms with van der Waals surface area (Å²) in [6, 6.07) is 11.6. The molecule has 0 saturated heterocycles. The number of hydrogen-bond acceptors (Lipinski definition) is 4. The molecule has 3 rings (SSSR count). The van der Waals surface area contributed by atoms with Crippen LogP contribution in [-0.2, 0) is 0 Å². The second-order valence-electron chi connectivity index (χ2n) is 4.89. The Kier molecular flexibility index (Phi) is 4.01. The predicted molar refractivity (Wildman–Crippen MR) is 79.9 cm³/mol. The Morgan fingerprint density at radius 3 is 2.61 bits per heavy atom. The van der Waals surface area contributed by atoms with Gasteiger partial charge in [0.05, 0.1) is 12.7 Å². The summed E-state index contributed by atoms with van der Waals surface area (Å²) in [5.74, 6) is -0.109. The van der Waals surface area contributed by atoms with Gasteiger partial charge in [0.25, 0.3) is 5.91 Å². The number of para-hydroxylation sites is 1. The van der Waals surface area contributed by atoms with Gasteiger partial charge in [-0.3, -0.25) is 4.79 Å². The third kappa shape index (κ3) is 3.03. The molecule has 2 aromatic rings. The molecular formula is C16H14F2N2O3. The van der Waals surface area contributed by atoms with E-state index in [0.717, 1.165) is 0 Å². The Balaban J connectivity index is 1.89. The van der Waals surface area contributed by atoms with E-state index in [9.17, 15) is 13.6 Å². The summed E-state index contributed by atoms with van der Waals surface area (Å²) in [4.78, 5) is 12.1. The Morgan fingerprint density at radius 1 is 1.09 bits per heavy atom. The number of alkyl halides is 2. The van der Waals surface area contributed by atoms with Gasteiger partial charge in [-0.25, -0.2) is 0 Å². The number of carbonyl (C=O) groups excluding carboxylic acids is 1. The fraction of sp³-hybridized carbons (Fsp3) is 0.188. The molecule has 7 heteroatoms. The van der Waals surface area contributed by atoms with Crippen molar-refractivity contribution in [1.29, 1.82) is 0 Å². The minimum Gasteiger partial charge on any atom is -0.493 e. The molecule has 1 amide bonds. The quantitative estimate of drug-likeness (QED) is 0.908. The molecule has 2 aromatic carbocycles. The Hall–Kier alpha value is -2.83. The Bertz CT molecular complexity index is 737. The molecule has 2 N–H and O–H groups in total. The van der Waals surface area contributed by atoms with E-state index in [2.05, 4.69) is 15.4 Å². The molecule has 0 unspecified atom stereocenters. The van der Waals surface area contributed by atoms with Crippen molar-refractivity contribution in [3.63, 3.8) is 0 Å². The summed E-state index contributed by atoms with van der Waals surface area (Å²) >= 11 is 0. The molecule has 0 saturated carbocycles. The largest absolute Gasteiger partial charge is 0.493 e. The first kappa shape index (κ1) is 15.1. The number of amides is 1. The smallest absolute Gasteiger partial charge is 0.387 e. The fourth-order valence-electron chi connectivity index (χ4n) is 2.43. The zero-order valence-electron chi connectivity index (χ0n) is 12.2. The van der Waals surface area contributed by atoms with E-state index in [0.29, 0.717) is 16.8 Å². The van der Waals surface area contributed by atoms with Crippen LogP contribution in [0.15, 0.2) is 42.5 Å². The third-order valence-corrected chi connectivity index (χ3v) is 3.48. The topological polar surface area (TPSA) is 59.6 Å². The molecule has 0 bridgehead atoms. The average Bonchev–Trinajstić information content (AvgIpc) is 2.54. The minimum absolute atomic E-state index is 0.0613. The number of carbonyl (C=O) groups is 1. The summed E-state index contributed by atoms with van der Waals surface area (Å²) in [7, 11) is 1.36. The number of rotatable bonds is 4. The molecule has 1 heterocycles. The van der Waals surface area contributed by atoms with Gasteiger partial charge in [0.15, 0.2) is 11.5 Å². The van der Waals surface area contributed by atoms with Gasteiger partial charge in [-0.1, -0.05) is 18.2 Å². The van der Waals surface area contributed by atoms with Crippen LogP contribution >= 0.6 is 0 Å². The van der Waals surface area contributed by atoms with Gasteiger partial charge in [-0.15, -0.1) is 0 Å². The van der Waals surface area contributed by atoms with Gasteiger partial charge in [0.1, 0.15) is 6.17 Å². The first-order chi connectivity index (χ1) is 11.1. The van der Waals surface area contributed by atoms with E-state index in [-0.39, 0.29) is 17.4 Å². The number of methoxy groups -OCH3 is 1. The van der Waals surface area contributed by atoms with Crippen LogP contribution in [0.25, 0.3) is 0 Å². The van der Waals surface area contributed by atoms with Crippen molar-refractivity contribution in [2.24, 2.45) is 0 Å². The van der Waals surface area contributed by atoms with E-state index < -0.39 is 12.8 Å². The third-order valence-electron chi connectivity index (χ3n) is 3.48. The Labute approximate surface area is 131 Å². The van der Waals surface area contributed by atoms with Crippen molar-refractivity contribution in [1.82, 2.24) is 5.32 Å². The Morgan fingerprint density at radius 2 is 1.87 bits per heavy atom. The number of ether oxygens (including phenoxy) is 2. The van der Waals surface area contributed by atoms with Crippen LogP contribution < -0.4 is 20.1 Å². The first-order valence-electron chi connectivity index (χ1n) is 6.87. The van der Waals surface area contributed by atoms with Gasteiger partial charge in [0.2, 0.25) is 0 Å². The lowest BCUT2D eigenvalue weighted by molar-refractivity contribution is -0.0512. The van der Waals surface area contributed by atoms with E-state index in [4.69, 9.17) is 4.74 Å². The van der Waals surface area contributed by atoms with Crippen LogP contribution in [0.4, 0.5) is 14.5 Å². The van der Waals surface area contributed by atoms with Crippen molar-refractivity contribution >= 4 is 11.6 Å². The SMILES string of the molecule is COc1cc([C@H]2NC(=O)c3ccccc3N2)ccc1OC(F)F. The van der Waals surface area contributed by atoms with Gasteiger partial charge in [0, 0.05) is 5.69 Å². The van der Waals surface area contributed by atoms with Crippen LogP contribution in [0.1, 0.15) is 22.1 Å². The van der Waals surface area contributed by atoms with Crippen LogP contribution in [0.2, 0.25) is 0 Å². The lowest BCUT2D eigenvalue weighted by Gasteiger charge is -2.28. The zero-order chi connectivity index (χ0) is 16.4. The summed E-state index contributed by atoms with van der Waals surface area (Å²) in [6.45, 7) is -2.94. The maximum Gasteiger partial charge on any atom is 0.387 e. The minimum atomic E-state index is -2.94. The molecule has 5 nitrogen and oxygen atoms in total. The summed E-state index contributed by atoms with van der Waals surface area (Å²) in [6.07, 6.45) is -0.494. The number of fused-ring (bicyclic) bond motifs is 1. The van der Waals surface area contributed by atoms with Gasteiger partial charge >= 0.3 is 6.61 Å². The molecule has 0 radical (unpaired) electrons. The van der Waals surface area contributed by atoms with E-state index in [1.807, 2.05) is 6.07 Å². The van der Waals surface area contributed by atoms with E-state index in [1.54, 1.807) is 30.3 Å². The molecular weight excluding hydrogens is 306 g/mol. The van der Waals surface area contributed by atoms with Crippen LogP contribution in [-0.4, -0.2) is 19.6 Å². The van der Waals surface area contributed by atoms with Crippen LogP contribution in [0, 0.1) is 0 Å². The van der Waals surface area contributed by atoms with Crippen LogP contribution in [0.3, 0.4) is 0 Å². The van der Waals surface area contributed by atoms with E-state index in [1.165, 1.54) is 13.2 Å². The number of benzene rings is 2. The molecule has 1 aliphatic heterocycles. The van der Waals surface area contributed by atoms with Crippen molar-refractivity contribution < 1.29 is 23.0 Å². The maximum absolute atomic E-state index is 12.4. The second-order valence-corrected chi connectivity index (χ2v) is 4.89. The fourth-order valence-corrected chi connectivity index (χ4v) is 2.43. The zero-order valence-corrected chi connectivity index (χ0v) is 12.2. The normalized spacial score (nSPS) is 16.3. The van der Waals surface area contributed by atoms with Gasteiger partial charge in [-0.2, -0.15) is 8.78 Å². The predicted octanol–water partition coefficient (Wildman–Crippen LogP) is 3.15. The molecule has 0 aromatic heterocycles. The average molecular weight is 320 g/mol. The first-order valence-corrected chi connectivity index (χ1v) is 6.87. The van der Waals surface area contributed by atoms with Crippen LogP contribution in [0.5, 0.6) is 11.5 Å². The number of anilines is 1. The van der Waals surface area contributed by atoms with Crippen molar-refractivity contribution in [2.45, 2.75) is 12.8 Å².